The van der Waals surface area contributed by atoms with E-state index < -0.39 is 0 Å². The molecule has 0 radical (unpaired) electrons. The van der Waals surface area contributed by atoms with Gasteiger partial charge in [-0.1, -0.05) is 13.8 Å². The summed E-state index contributed by atoms with van der Waals surface area (Å²) in [4.78, 5) is 7.16. The Morgan fingerprint density at radius 3 is 2.95 bits per heavy atom. The van der Waals surface area contributed by atoms with Crippen molar-refractivity contribution in [2.24, 2.45) is 5.92 Å². The van der Waals surface area contributed by atoms with Gasteiger partial charge in [-0.3, -0.25) is 9.88 Å². The molecule has 0 amide bonds. The SMILES string of the molecule is COc1cc(C)nc(CN2CCCC(CNC(C)C)C2)c1. The van der Waals surface area contributed by atoms with Gasteiger partial charge in [0.15, 0.2) is 0 Å². The molecule has 1 aliphatic rings. The average molecular weight is 291 g/mol. The van der Waals surface area contributed by atoms with Crippen LogP contribution in [0.15, 0.2) is 12.1 Å². The molecule has 1 aromatic rings. The third-order valence-electron chi connectivity index (χ3n) is 4.02. The molecular weight excluding hydrogens is 262 g/mol. The van der Waals surface area contributed by atoms with Gasteiger partial charge in [0.25, 0.3) is 0 Å². The number of methoxy groups -OCH3 is 1. The fourth-order valence-electron chi connectivity index (χ4n) is 2.99. The van der Waals surface area contributed by atoms with Gasteiger partial charge in [-0.15, -0.1) is 0 Å². The maximum absolute atomic E-state index is 5.34. The van der Waals surface area contributed by atoms with Crippen LogP contribution in [0.3, 0.4) is 0 Å². The van der Waals surface area contributed by atoms with E-state index in [0.717, 1.165) is 42.7 Å². The van der Waals surface area contributed by atoms with Crippen LogP contribution in [-0.4, -0.2) is 42.7 Å². The van der Waals surface area contributed by atoms with Crippen molar-refractivity contribution < 1.29 is 4.74 Å². The predicted octanol–water partition coefficient (Wildman–Crippen LogP) is 2.61. The van der Waals surface area contributed by atoms with E-state index in [1.807, 2.05) is 13.0 Å². The highest BCUT2D eigenvalue weighted by Crippen LogP contribution is 2.20. The van der Waals surface area contributed by atoms with Gasteiger partial charge < -0.3 is 10.1 Å². The van der Waals surface area contributed by atoms with E-state index in [1.54, 1.807) is 7.11 Å². The minimum Gasteiger partial charge on any atom is -0.497 e. The van der Waals surface area contributed by atoms with Gasteiger partial charge in [0, 0.05) is 37.0 Å². The Labute approximate surface area is 128 Å². The number of piperidine rings is 1. The van der Waals surface area contributed by atoms with Crippen molar-refractivity contribution in [3.05, 3.63) is 23.5 Å². The average Bonchev–Trinajstić information content (AvgIpc) is 2.45. The van der Waals surface area contributed by atoms with Crippen molar-refractivity contribution in [2.45, 2.75) is 46.2 Å². The van der Waals surface area contributed by atoms with Crippen LogP contribution in [0.5, 0.6) is 5.75 Å². The highest BCUT2D eigenvalue weighted by molar-refractivity contribution is 5.26. The van der Waals surface area contributed by atoms with E-state index in [2.05, 4.69) is 35.1 Å². The molecule has 1 saturated heterocycles. The fourth-order valence-corrected chi connectivity index (χ4v) is 2.99. The smallest absolute Gasteiger partial charge is 0.122 e. The van der Waals surface area contributed by atoms with Crippen LogP contribution >= 0.6 is 0 Å². The first-order chi connectivity index (χ1) is 10.1. The summed E-state index contributed by atoms with van der Waals surface area (Å²) in [6, 6.07) is 4.61. The van der Waals surface area contributed by atoms with Crippen molar-refractivity contribution in [3.63, 3.8) is 0 Å². The Bertz CT molecular complexity index is 448. The molecule has 1 aromatic heterocycles. The van der Waals surface area contributed by atoms with Crippen molar-refractivity contribution >= 4 is 0 Å². The molecule has 2 rings (SSSR count). The van der Waals surface area contributed by atoms with Crippen molar-refractivity contribution in [2.75, 3.05) is 26.7 Å². The lowest BCUT2D eigenvalue weighted by Gasteiger charge is -2.33. The molecule has 1 N–H and O–H groups in total. The maximum atomic E-state index is 5.34. The molecule has 0 saturated carbocycles. The van der Waals surface area contributed by atoms with E-state index in [1.165, 1.54) is 19.4 Å². The van der Waals surface area contributed by atoms with Crippen LogP contribution in [0.4, 0.5) is 0 Å². The number of aromatic nitrogens is 1. The van der Waals surface area contributed by atoms with E-state index in [9.17, 15) is 0 Å². The highest BCUT2D eigenvalue weighted by atomic mass is 16.5. The Hall–Kier alpha value is -1.13. The second kappa shape index (κ2) is 7.76. The normalized spacial score (nSPS) is 20.0. The molecule has 0 bridgehead atoms. The van der Waals surface area contributed by atoms with Crippen LogP contribution in [0.2, 0.25) is 0 Å². The molecule has 118 valence electrons. The summed E-state index contributed by atoms with van der Waals surface area (Å²) in [6.45, 7) is 10.8. The Morgan fingerprint density at radius 2 is 2.24 bits per heavy atom. The molecule has 0 aromatic carbocycles. The molecule has 1 unspecified atom stereocenters. The van der Waals surface area contributed by atoms with Gasteiger partial charge in [0.1, 0.15) is 5.75 Å². The topological polar surface area (TPSA) is 37.4 Å². The summed E-state index contributed by atoms with van der Waals surface area (Å²) in [6.07, 6.45) is 2.62. The lowest BCUT2D eigenvalue weighted by Crippen LogP contribution is -2.40. The number of rotatable bonds is 6. The fraction of sp³-hybridized carbons (Fsp3) is 0.706. The highest BCUT2D eigenvalue weighted by Gasteiger charge is 2.20. The summed E-state index contributed by atoms with van der Waals surface area (Å²) in [7, 11) is 1.72. The molecular formula is C17H29N3O. The van der Waals surface area contributed by atoms with Gasteiger partial charge in [0.2, 0.25) is 0 Å². The van der Waals surface area contributed by atoms with Gasteiger partial charge in [0.05, 0.1) is 12.8 Å². The van der Waals surface area contributed by atoms with Crippen LogP contribution in [0.25, 0.3) is 0 Å². The summed E-state index contributed by atoms with van der Waals surface area (Å²) in [5, 5.41) is 3.56. The molecule has 1 atom stereocenters. The van der Waals surface area contributed by atoms with Gasteiger partial charge >= 0.3 is 0 Å². The molecule has 1 fully saturated rings. The number of aryl methyl sites for hydroxylation is 1. The van der Waals surface area contributed by atoms with Crippen molar-refractivity contribution in [1.82, 2.24) is 15.2 Å². The second-order valence-electron chi connectivity index (χ2n) is 6.45. The van der Waals surface area contributed by atoms with E-state index in [-0.39, 0.29) is 0 Å². The third kappa shape index (κ3) is 5.29. The van der Waals surface area contributed by atoms with E-state index >= 15 is 0 Å². The molecule has 4 nitrogen and oxygen atoms in total. The summed E-state index contributed by atoms with van der Waals surface area (Å²) in [5.41, 5.74) is 2.14. The molecule has 4 heteroatoms. The number of pyridine rings is 1. The minimum absolute atomic E-state index is 0.572. The zero-order valence-electron chi connectivity index (χ0n) is 13.9. The zero-order valence-corrected chi connectivity index (χ0v) is 13.9. The predicted molar refractivity (Wildman–Crippen MR) is 86.7 cm³/mol. The first kappa shape index (κ1) is 16.2. The van der Waals surface area contributed by atoms with Crippen LogP contribution in [0, 0.1) is 12.8 Å². The maximum Gasteiger partial charge on any atom is 0.122 e. The largest absolute Gasteiger partial charge is 0.497 e. The number of ether oxygens (including phenoxy) is 1. The number of likely N-dealkylation sites (tertiary alicyclic amines) is 1. The Balaban J connectivity index is 1.91. The van der Waals surface area contributed by atoms with E-state index in [4.69, 9.17) is 4.74 Å². The van der Waals surface area contributed by atoms with Crippen molar-refractivity contribution in [3.8, 4) is 5.75 Å². The first-order valence-corrected chi connectivity index (χ1v) is 8.04. The van der Waals surface area contributed by atoms with Crippen LogP contribution in [0.1, 0.15) is 38.1 Å². The molecule has 0 aliphatic carbocycles. The van der Waals surface area contributed by atoms with Gasteiger partial charge in [-0.2, -0.15) is 0 Å². The molecule has 2 heterocycles. The van der Waals surface area contributed by atoms with E-state index in [0.29, 0.717) is 6.04 Å². The first-order valence-electron chi connectivity index (χ1n) is 8.04. The zero-order chi connectivity index (χ0) is 15.2. The number of hydrogen-bond acceptors (Lipinski definition) is 4. The van der Waals surface area contributed by atoms with Crippen molar-refractivity contribution in [1.29, 1.82) is 0 Å². The Kier molecular flexibility index (Phi) is 6.00. The lowest BCUT2D eigenvalue weighted by atomic mass is 9.97. The standard InChI is InChI=1S/C17H29N3O/c1-13(2)18-10-15-6-5-7-20(11-15)12-16-9-17(21-4)8-14(3)19-16/h8-9,13,15,18H,5-7,10-12H2,1-4H3. The molecule has 0 spiro atoms. The van der Waals surface area contributed by atoms with Crippen LogP contribution < -0.4 is 10.1 Å². The minimum atomic E-state index is 0.572. The summed E-state index contributed by atoms with van der Waals surface area (Å²) in [5.74, 6) is 1.67. The van der Waals surface area contributed by atoms with Gasteiger partial charge in [-0.25, -0.2) is 0 Å². The van der Waals surface area contributed by atoms with Crippen LogP contribution in [-0.2, 0) is 6.54 Å². The third-order valence-corrected chi connectivity index (χ3v) is 4.02. The second-order valence-corrected chi connectivity index (χ2v) is 6.45. The quantitative estimate of drug-likeness (QED) is 0.874. The molecule has 21 heavy (non-hydrogen) atoms. The Morgan fingerprint density at radius 1 is 1.43 bits per heavy atom. The number of nitrogens with one attached hydrogen (secondary N) is 1. The summed E-state index contributed by atoms with van der Waals surface area (Å²) < 4.78 is 5.34. The number of nitrogens with zero attached hydrogens (tertiary/aromatic N) is 2. The van der Waals surface area contributed by atoms with Gasteiger partial charge in [-0.05, 0) is 38.8 Å². The summed E-state index contributed by atoms with van der Waals surface area (Å²) >= 11 is 0. The number of hydrogen-bond donors (Lipinski definition) is 1. The lowest BCUT2D eigenvalue weighted by molar-refractivity contribution is 0.162. The monoisotopic (exact) mass is 291 g/mol. The molecule has 1 aliphatic heterocycles.